The van der Waals surface area contributed by atoms with Crippen LogP contribution in [0.3, 0.4) is 0 Å². The van der Waals surface area contributed by atoms with Gasteiger partial charge in [-0.15, -0.1) is 0 Å². The van der Waals surface area contributed by atoms with Crippen molar-refractivity contribution in [1.82, 2.24) is 0 Å². The molecule has 0 fully saturated rings. The van der Waals surface area contributed by atoms with Crippen LogP contribution >= 0.6 is 0 Å². The molecule has 0 radical (unpaired) electrons. The van der Waals surface area contributed by atoms with Gasteiger partial charge in [-0.3, -0.25) is 14.8 Å². The van der Waals surface area contributed by atoms with Crippen LogP contribution in [0.25, 0.3) is 0 Å². The molecule has 0 saturated carbocycles. The fourth-order valence-electron chi connectivity index (χ4n) is 2.03. The van der Waals surface area contributed by atoms with Crippen LogP contribution in [0.1, 0.15) is 12.5 Å². The minimum Gasteiger partial charge on any atom is -0.492 e. The molecule has 0 bridgehead atoms. The summed E-state index contributed by atoms with van der Waals surface area (Å²) >= 11 is 0. The lowest BCUT2D eigenvalue weighted by Crippen LogP contribution is -2.21. The summed E-state index contributed by atoms with van der Waals surface area (Å²) in [6.07, 6.45) is 0.911. The molecule has 0 aliphatic heterocycles. The van der Waals surface area contributed by atoms with Gasteiger partial charge < -0.3 is 4.74 Å². The summed E-state index contributed by atoms with van der Waals surface area (Å²) in [6, 6.07) is 13.0. The fraction of sp³-hybridized carbons (Fsp3) is 0.250. The smallest absolute Gasteiger partial charge is 0.293 e. The molecule has 128 valence electrons. The molecule has 2 aromatic carbocycles. The molecule has 24 heavy (non-hydrogen) atoms. The topological polar surface area (TPSA) is 98.5 Å². The second-order valence-electron chi connectivity index (χ2n) is 5.04. The van der Waals surface area contributed by atoms with Gasteiger partial charge in [0.25, 0.3) is 5.69 Å². The highest BCUT2D eigenvalue weighted by Crippen LogP contribution is 2.24. The first-order chi connectivity index (χ1) is 11.4. The quantitative estimate of drug-likeness (QED) is 0.583. The summed E-state index contributed by atoms with van der Waals surface area (Å²) in [4.78, 5) is 10.3. The third-order valence-corrected chi connectivity index (χ3v) is 4.55. The number of nitro groups is 1. The summed E-state index contributed by atoms with van der Waals surface area (Å²) in [5.41, 5.74) is 0.806. The molecule has 0 saturated heterocycles. The molecule has 0 spiro atoms. The van der Waals surface area contributed by atoms with Gasteiger partial charge >= 0.3 is 0 Å². The van der Waals surface area contributed by atoms with Crippen LogP contribution in [0.5, 0.6) is 5.75 Å². The van der Waals surface area contributed by atoms with Crippen LogP contribution in [-0.2, 0) is 16.4 Å². The van der Waals surface area contributed by atoms with Crippen LogP contribution in [0.4, 0.5) is 11.4 Å². The van der Waals surface area contributed by atoms with Crippen molar-refractivity contribution in [2.45, 2.75) is 13.3 Å². The van der Waals surface area contributed by atoms with Crippen molar-refractivity contribution in [3.05, 3.63) is 64.2 Å². The van der Waals surface area contributed by atoms with Crippen molar-refractivity contribution < 1.29 is 18.1 Å². The van der Waals surface area contributed by atoms with E-state index in [0.29, 0.717) is 5.75 Å². The van der Waals surface area contributed by atoms with E-state index < -0.39 is 14.9 Å². The molecule has 0 aromatic heterocycles. The lowest BCUT2D eigenvalue weighted by molar-refractivity contribution is -0.383. The van der Waals surface area contributed by atoms with E-state index in [1.165, 1.54) is 24.3 Å². The van der Waals surface area contributed by atoms with E-state index in [9.17, 15) is 18.5 Å². The number of hydrogen-bond acceptors (Lipinski definition) is 5. The molecule has 2 rings (SSSR count). The van der Waals surface area contributed by atoms with Gasteiger partial charge in [0, 0.05) is 6.07 Å². The Morgan fingerprint density at radius 3 is 2.42 bits per heavy atom. The molecule has 0 heterocycles. The number of hydrogen-bond donors (Lipinski definition) is 1. The van der Waals surface area contributed by atoms with Gasteiger partial charge in [-0.25, -0.2) is 8.42 Å². The van der Waals surface area contributed by atoms with Gasteiger partial charge in [-0.05, 0) is 30.2 Å². The Kier molecular flexibility index (Phi) is 5.75. The van der Waals surface area contributed by atoms with Crippen molar-refractivity contribution in [2.75, 3.05) is 17.1 Å². The zero-order valence-electron chi connectivity index (χ0n) is 13.1. The molecule has 0 aliphatic rings. The number of anilines is 1. The molecule has 2 aromatic rings. The van der Waals surface area contributed by atoms with Crippen molar-refractivity contribution in [1.29, 1.82) is 0 Å². The Morgan fingerprint density at radius 1 is 1.12 bits per heavy atom. The summed E-state index contributed by atoms with van der Waals surface area (Å²) < 4.78 is 31.7. The van der Waals surface area contributed by atoms with Crippen molar-refractivity contribution >= 4 is 21.4 Å². The number of nitrogens with zero attached hydrogens (tertiary/aromatic N) is 1. The zero-order chi connectivity index (χ0) is 17.6. The number of nitrogens with one attached hydrogen (secondary N) is 1. The minimum absolute atomic E-state index is 0.0541. The maximum Gasteiger partial charge on any atom is 0.293 e. The Hall–Kier alpha value is -2.61. The predicted octanol–water partition coefficient (Wildman–Crippen LogP) is 2.98. The highest BCUT2D eigenvalue weighted by Gasteiger charge is 2.18. The van der Waals surface area contributed by atoms with E-state index >= 15 is 0 Å². The van der Waals surface area contributed by atoms with Crippen molar-refractivity contribution in [3.8, 4) is 5.75 Å². The van der Waals surface area contributed by atoms with Crippen LogP contribution < -0.4 is 9.46 Å². The maximum atomic E-state index is 12.1. The van der Waals surface area contributed by atoms with E-state index in [2.05, 4.69) is 4.72 Å². The maximum absolute atomic E-state index is 12.1. The molecule has 0 aliphatic carbocycles. The molecule has 0 unspecified atom stereocenters. The average Bonchev–Trinajstić information content (AvgIpc) is 2.55. The van der Waals surface area contributed by atoms with E-state index in [1.807, 2.05) is 19.1 Å². The first-order valence-electron chi connectivity index (χ1n) is 7.37. The largest absolute Gasteiger partial charge is 0.492 e. The molecule has 8 heteroatoms. The number of ether oxygens (including phenoxy) is 1. The summed E-state index contributed by atoms with van der Waals surface area (Å²) in [7, 11) is -3.75. The highest BCUT2D eigenvalue weighted by atomic mass is 32.2. The number of rotatable bonds is 8. The molecular weight excluding hydrogens is 332 g/mol. The molecule has 7 nitrogen and oxygen atoms in total. The van der Waals surface area contributed by atoms with Crippen LogP contribution in [-0.4, -0.2) is 25.7 Å². The standard InChI is InChI=1S/C16H18N2O5S/c1-2-13-7-9-14(10-8-13)23-11-12-24(21,22)17-15-5-3-4-6-16(15)18(19)20/h3-10,17H,2,11-12H2,1H3. The van der Waals surface area contributed by atoms with Gasteiger partial charge in [-0.2, -0.15) is 0 Å². The van der Waals surface area contributed by atoms with E-state index in [1.54, 1.807) is 12.1 Å². The van der Waals surface area contributed by atoms with Gasteiger partial charge in [0.15, 0.2) is 0 Å². The lowest BCUT2D eigenvalue weighted by atomic mass is 10.2. The van der Waals surface area contributed by atoms with Crippen LogP contribution in [0, 0.1) is 10.1 Å². The monoisotopic (exact) mass is 350 g/mol. The first-order valence-corrected chi connectivity index (χ1v) is 9.02. The molecule has 0 amide bonds. The fourth-order valence-corrected chi connectivity index (χ4v) is 2.94. The average molecular weight is 350 g/mol. The third-order valence-electron chi connectivity index (χ3n) is 3.32. The summed E-state index contributed by atoms with van der Waals surface area (Å²) in [5, 5.41) is 10.9. The van der Waals surface area contributed by atoms with Gasteiger partial charge in [0.05, 0.1) is 4.92 Å². The number of sulfonamides is 1. The van der Waals surface area contributed by atoms with Gasteiger partial charge in [0.1, 0.15) is 23.8 Å². The Morgan fingerprint density at radius 2 is 1.79 bits per heavy atom. The van der Waals surface area contributed by atoms with Crippen molar-refractivity contribution in [2.24, 2.45) is 0 Å². The highest BCUT2D eigenvalue weighted by molar-refractivity contribution is 7.92. The zero-order valence-corrected chi connectivity index (χ0v) is 14.0. The first kappa shape index (κ1) is 17.7. The Labute approximate surface area is 140 Å². The van der Waals surface area contributed by atoms with E-state index in [0.717, 1.165) is 12.0 Å². The minimum atomic E-state index is -3.75. The second kappa shape index (κ2) is 7.78. The van der Waals surface area contributed by atoms with Gasteiger partial charge in [-0.1, -0.05) is 31.2 Å². The number of aryl methyl sites for hydroxylation is 1. The molecule has 0 atom stereocenters. The Balaban J connectivity index is 1.95. The molecule has 1 N–H and O–H groups in total. The normalized spacial score (nSPS) is 11.0. The summed E-state index contributed by atoms with van der Waals surface area (Å²) in [5.74, 6) is 0.266. The van der Waals surface area contributed by atoms with Crippen LogP contribution in [0.2, 0.25) is 0 Å². The number of nitro benzene ring substituents is 1. The Bertz CT molecular complexity index is 803. The predicted molar refractivity (Wildman–Crippen MR) is 91.8 cm³/mol. The van der Waals surface area contributed by atoms with E-state index in [-0.39, 0.29) is 23.7 Å². The van der Waals surface area contributed by atoms with Crippen molar-refractivity contribution in [3.63, 3.8) is 0 Å². The number of benzene rings is 2. The van der Waals surface area contributed by atoms with Crippen LogP contribution in [0.15, 0.2) is 48.5 Å². The molecular formula is C16H18N2O5S. The SMILES string of the molecule is CCc1ccc(OCCS(=O)(=O)Nc2ccccc2[N+](=O)[O-])cc1. The number of para-hydroxylation sites is 2. The van der Waals surface area contributed by atoms with E-state index in [4.69, 9.17) is 4.74 Å². The third kappa shape index (κ3) is 4.95. The summed E-state index contributed by atoms with van der Waals surface area (Å²) in [6.45, 7) is 1.98. The van der Waals surface area contributed by atoms with Gasteiger partial charge in [0.2, 0.25) is 10.0 Å². The lowest BCUT2D eigenvalue weighted by Gasteiger charge is -2.10. The second-order valence-corrected chi connectivity index (χ2v) is 6.88.